The van der Waals surface area contributed by atoms with Crippen LogP contribution in [0.5, 0.6) is 0 Å². The van der Waals surface area contributed by atoms with Gasteiger partial charge in [-0.15, -0.1) is 0 Å². The number of furan rings is 1. The van der Waals surface area contributed by atoms with Crippen molar-refractivity contribution in [2.75, 3.05) is 20.2 Å². The molecule has 0 amide bonds. The summed E-state index contributed by atoms with van der Waals surface area (Å²) in [5.41, 5.74) is 2.03. The van der Waals surface area contributed by atoms with Gasteiger partial charge in [-0.1, -0.05) is 18.2 Å². The van der Waals surface area contributed by atoms with Crippen LogP contribution in [0.4, 0.5) is 0 Å². The van der Waals surface area contributed by atoms with Gasteiger partial charge < -0.3 is 19.8 Å². The third-order valence-electron chi connectivity index (χ3n) is 3.74. The van der Waals surface area contributed by atoms with Crippen molar-refractivity contribution in [3.63, 3.8) is 0 Å². The van der Waals surface area contributed by atoms with Gasteiger partial charge in [0, 0.05) is 31.0 Å². The monoisotopic (exact) mass is 331 g/mol. The number of nitrogens with one attached hydrogen (secondary N) is 2. The second-order valence-corrected chi connectivity index (χ2v) is 5.41. The number of aliphatic imine (C=N–C) groups is 1. The maximum absolute atomic E-state index is 11.3. The Morgan fingerprint density at radius 1 is 1.29 bits per heavy atom. The highest BCUT2D eigenvalue weighted by atomic mass is 16.5. The first-order valence-electron chi connectivity index (χ1n) is 8.22. The van der Waals surface area contributed by atoms with E-state index in [-0.39, 0.29) is 5.97 Å². The van der Waals surface area contributed by atoms with E-state index < -0.39 is 0 Å². The number of benzene rings is 1. The molecule has 6 heteroatoms. The number of carbonyl (C=O) groups is 1. The molecule has 1 aromatic heterocycles. The number of hydrogen-bond acceptors (Lipinski definition) is 4. The standard InChI is InChI=1S/C18H25N3O3/c1-4-23-17(22)10-7-11-20-18(19-3)21-12-16-13(2)14-8-5-6-9-15(14)24-16/h5-6,8-9H,4,7,10-12H2,1-3H3,(H2,19,20,21). The van der Waals surface area contributed by atoms with Crippen LogP contribution in [0.1, 0.15) is 31.1 Å². The fourth-order valence-corrected chi connectivity index (χ4v) is 2.45. The van der Waals surface area contributed by atoms with Crippen LogP contribution in [-0.4, -0.2) is 32.1 Å². The van der Waals surface area contributed by atoms with Crippen LogP contribution < -0.4 is 10.6 Å². The Hall–Kier alpha value is -2.50. The molecule has 0 aliphatic rings. The number of carbonyl (C=O) groups excluding carboxylic acids is 1. The zero-order chi connectivity index (χ0) is 17.4. The Bertz CT molecular complexity index is 707. The van der Waals surface area contributed by atoms with Crippen molar-refractivity contribution in [2.24, 2.45) is 4.99 Å². The molecule has 0 atom stereocenters. The topological polar surface area (TPSA) is 75.9 Å². The van der Waals surface area contributed by atoms with E-state index >= 15 is 0 Å². The lowest BCUT2D eigenvalue weighted by Gasteiger charge is -2.11. The summed E-state index contributed by atoms with van der Waals surface area (Å²) in [6, 6.07) is 7.99. The van der Waals surface area contributed by atoms with Gasteiger partial charge in [0.1, 0.15) is 11.3 Å². The van der Waals surface area contributed by atoms with E-state index in [9.17, 15) is 4.79 Å². The number of nitrogens with zero attached hydrogens (tertiary/aromatic N) is 1. The lowest BCUT2D eigenvalue weighted by atomic mass is 10.1. The molecule has 0 saturated carbocycles. The minimum absolute atomic E-state index is 0.167. The van der Waals surface area contributed by atoms with Crippen LogP contribution in [0, 0.1) is 6.92 Å². The minimum Gasteiger partial charge on any atom is -0.466 e. The molecule has 0 radical (unpaired) electrons. The summed E-state index contributed by atoms with van der Waals surface area (Å²) in [5, 5.41) is 7.54. The zero-order valence-corrected chi connectivity index (χ0v) is 14.5. The fourth-order valence-electron chi connectivity index (χ4n) is 2.45. The Morgan fingerprint density at radius 2 is 2.08 bits per heavy atom. The molecule has 2 aromatic rings. The van der Waals surface area contributed by atoms with Gasteiger partial charge in [0.25, 0.3) is 0 Å². The smallest absolute Gasteiger partial charge is 0.305 e. The average Bonchev–Trinajstić information content (AvgIpc) is 2.91. The number of esters is 1. The number of aryl methyl sites for hydroxylation is 1. The summed E-state index contributed by atoms with van der Waals surface area (Å²) in [6.45, 7) is 5.49. The van der Waals surface area contributed by atoms with E-state index in [0.717, 1.165) is 22.3 Å². The molecule has 0 bridgehead atoms. The lowest BCUT2D eigenvalue weighted by molar-refractivity contribution is -0.143. The van der Waals surface area contributed by atoms with Crippen molar-refractivity contribution in [3.05, 3.63) is 35.6 Å². The molecular formula is C18H25N3O3. The molecule has 0 aliphatic heterocycles. The lowest BCUT2D eigenvalue weighted by Crippen LogP contribution is -2.37. The van der Waals surface area contributed by atoms with Crippen molar-refractivity contribution in [3.8, 4) is 0 Å². The highest BCUT2D eigenvalue weighted by molar-refractivity contribution is 5.83. The predicted molar refractivity (Wildman–Crippen MR) is 95.0 cm³/mol. The molecule has 0 spiro atoms. The number of fused-ring (bicyclic) bond motifs is 1. The minimum atomic E-state index is -0.167. The molecule has 24 heavy (non-hydrogen) atoms. The predicted octanol–water partition coefficient (Wildman–Crippen LogP) is 2.75. The molecule has 130 valence electrons. The van der Waals surface area contributed by atoms with Gasteiger partial charge in [0.15, 0.2) is 5.96 Å². The van der Waals surface area contributed by atoms with Crippen molar-refractivity contribution in [1.82, 2.24) is 10.6 Å². The van der Waals surface area contributed by atoms with Crippen molar-refractivity contribution in [2.45, 2.75) is 33.2 Å². The van der Waals surface area contributed by atoms with Crippen LogP contribution in [0.2, 0.25) is 0 Å². The first-order chi connectivity index (χ1) is 11.7. The van der Waals surface area contributed by atoms with Crippen LogP contribution in [0.25, 0.3) is 11.0 Å². The van der Waals surface area contributed by atoms with Crippen LogP contribution in [0.3, 0.4) is 0 Å². The molecular weight excluding hydrogens is 306 g/mol. The summed E-state index contributed by atoms with van der Waals surface area (Å²) in [6.07, 6.45) is 1.10. The molecule has 0 saturated heterocycles. The number of para-hydroxylation sites is 1. The first kappa shape index (κ1) is 17.8. The van der Waals surface area contributed by atoms with E-state index in [1.807, 2.05) is 25.1 Å². The second kappa shape index (κ2) is 8.96. The first-order valence-corrected chi connectivity index (χ1v) is 8.22. The molecule has 0 unspecified atom stereocenters. The van der Waals surface area contributed by atoms with E-state index in [1.165, 1.54) is 0 Å². The molecule has 0 fully saturated rings. The summed E-state index contributed by atoms with van der Waals surface area (Å²) in [4.78, 5) is 15.5. The summed E-state index contributed by atoms with van der Waals surface area (Å²) in [7, 11) is 1.71. The largest absolute Gasteiger partial charge is 0.466 e. The van der Waals surface area contributed by atoms with E-state index in [2.05, 4.69) is 28.6 Å². The van der Waals surface area contributed by atoms with Gasteiger partial charge in [-0.2, -0.15) is 0 Å². The highest BCUT2D eigenvalue weighted by Crippen LogP contribution is 2.24. The number of hydrogen-bond donors (Lipinski definition) is 2. The average molecular weight is 331 g/mol. The molecule has 1 heterocycles. The Labute approximate surface area is 142 Å². The molecule has 1 aromatic carbocycles. The fraction of sp³-hybridized carbons (Fsp3) is 0.444. The van der Waals surface area contributed by atoms with Gasteiger partial charge in [-0.25, -0.2) is 0 Å². The normalized spacial score (nSPS) is 11.5. The number of guanidine groups is 1. The maximum atomic E-state index is 11.3. The number of rotatable bonds is 7. The van der Waals surface area contributed by atoms with Crippen molar-refractivity contribution in [1.29, 1.82) is 0 Å². The molecule has 2 rings (SSSR count). The summed E-state index contributed by atoms with van der Waals surface area (Å²) in [5.74, 6) is 1.41. The van der Waals surface area contributed by atoms with Gasteiger partial charge >= 0.3 is 5.97 Å². The number of ether oxygens (including phenoxy) is 1. The third-order valence-corrected chi connectivity index (χ3v) is 3.74. The summed E-state index contributed by atoms with van der Waals surface area (Å²) >= 11 is 0. The molecule has 0 aliphatic carbocycles. The van der Waals surface area contributed by atoms with Crippen molar-refractivity contribution >= 4 is 22.9 Å². The molecule has 2 N–H and O–H groups in total. The van der Waals surface area contributed by atoms with Crippen LogP contribution >= 0.6 is 0 Å². The van der Waals surface area contributed by atoms with Crippen LogP contribution in [0.15, 0.2) is 33.7 Å². The quantitative estimate of drug-likeness (QED) is 0.353. The highest BCUT2D eigenvalue weighted by Gasteiger charge is 2.10. The Kier molecular flexibility index (Phi) is 6.66. The van der Waals surface area contributed by atoms with E-state index in [4.69, 9.17) is 9.15 Å². The zero-order valence-electron chi connectivity index (χ0n) is 14.5. The Morgan fingerprint density at radius 3 is 2.79 bits per heavy atom. The summed E-state index contributed by atoms with van der Waals surface area (Å²) < 4.78 is 10.8. The SMILES string of the molecule is CCOC(=O)CCCNC(=NC)NCc1oc2ccccc2c1C. The van der Waals surface area contributed by atoms with Gasteiger partial charge in [-0.05, 0) is 26.3 Å². The molecule has 6 nitrogen and oxygen atoms in total. The van der Waals surface area contributed by atoms with Gasteiger partial charge in [-0.3, -0.25) is 9.79 Å². The van der Waals surface area contributed by atoms with E-state index in [0.29, 0.717) is 38.5 Å². The Balaban J connectivity index is 1.80. The second-order valence-electron chi connectivity index (χ2n) is 5.41. The van der Waals surface area contributed by atoms with E-state index in [1.54, 1.807) is 7.05 Å². The van der Waals surface area contributed by atoms with Gasteiger partial charge in [0.05, 0.1) is 13.2 Å². The van der Waals surface area contributed by atoms with Crippen molar-refractivity contribution < 1.29 is 13.9 Å². The third kappa shape index (κ3) is 4.75. The van der Waals surface area contributed by atoms with Crippen LogP contribution in [-0.2, 0) is 16.1 Å². The maximum Gasteiger partial charge on any atom is 0.305 e. The van der Waals surface area contributed by atoms with Gasteiger partial charge in [0.2, 0.25) is 0 Å².